The van der Waals surface area contributed by atoms with E-state index in [1.807, 2.05) is 79.0 Å². The Morgan fingerprint density at radius 2 is 1.84 bits per heavy atom. The zero-order valence-electron chi connectivity index (χ0n) is 21.2. The van der Waals surface area contributed by atoms with E-state index in [0.717, 1.165) is 50.2 Å². The quantitative estimate of drug-likeness (QED) is 0.209. The van der Waals surface area contributed by atoms with Crippen molar-refractivity contribution in [3.8, 4) is 16.3 Å². The molecule has 0 saturated heterocycles. The lowest BCUT2D eigenvalue weighted by atomic mass is 10.1. The van der Waals surface area contributed by atoms with Gasteiger partial charge in [-0.15, -0.1) is 23.7 Å². The van der Waals surface area contributed by atoms with E-state index < -0.39 is 0 Å². The summed E-state index contributed by atoms with van der Waals surface area (Å²) in [5, 5.41) is 3.55. The molecule has 0 bridgehead atoms. The van der Waals surface area contributed by atoms with Gasteiger partial charge in [0.2, 0.25) is 0 Å². The summed E-state index contributed by atoms with van der Waals surface area (Å²) in [5.41, 5.74) is 4.16. The number of methoxy groups -OCH3 is 1. The van der Waals surface area contributed by atoms with E-state index in [9.17, 15) is 4.79 Å². The molecule has 0 radical (unpaired) electrons. The molecule has 3 heterocycles. The van der Waals surface area contributed by atoms with Gasteiger partial charge in [-0.25, -0.2) is 9.97 Å². The van der Waals surface area contributed by atoms with E-state index in [2.05, 4.69) is 11.8 Å². The Labute approximate surface area is 230 Å². The van der Waals surface area contributed by atoms with Crippen molar-refractivity contribution >= 4 is 67.2 Å². The van der Waals surface area contributed by atoms with E-state index in [4.69, 9.17) is 14.7 Å². The van der Waals surface area contributed by atoms with Gasteiger partial charge in [0.15, 0.2) is 5.13 Å². The Morgan fingerprint density at radius 1 is 1.03 bits per heavy atom. The number of aromatic nitrogens is 2. The number of nitrogens with zero attached hydrogens (tertiary/aromatic N) is 4. The molecule has 0 unspecified atom stereocenters. The highest BCUT2D eigenvalue weighted by Crippen LogP contribution is 2.37. The summed E-state index contributed by atoms with van der Waals surface area (Å²) in [5.74, 6) is 0.647. The van der Waals surface area contributed by atoms with Crippen LogP contribution in [0.4, 0.5) is 5.13 Å². The number of thiophene rings is 1. The topological polar surface area (TPSA) is 58.6 Å². The molecule has 0 aliphatic rings. The molecule has 0 spiro atoms. The number of carbonyl (C=O) groups excluding carboxylic acids is 1. The van der Waals surface area contributed by atoms with Crippen molar-refractivity contribution < 1.29 is 9.53 Å². The van der Waals surface area contributed by atoms with E-state index in [1.54, 1.807) is 18.4 Å². The number of amides is 1. The first-order chi connectivity index (χ1) is 17.5. The number of fused-ring (bicyclic) bond motifs is 2. The summed E-state index contributed by atoms with van der Waals surface area (Å²) >= 11 is 3.16. The standard InChI is InChI=1S/C28H28N4O2S2.ClH/c1-18-12-13-23(34-4)25-26(18)36-28(30-25)32(15-8-14-31(2)3)27(33)20-17-22(24-11-7-16-35-24)29-21-10-6-5-9-19(20)21;/h5-7,9-13,16-17H,8,14-15H2,1-4H3;1H. The molecular weight excluding hydrogens is 524 g/mol. The van der Waals surface area contributed by atoms with Crippen molar-refractivity contribution in [3.05, 3.63) is 71.1 Å². The van der Waals surface area contributed by atoms with E-state index in [1.165, 1.54) is 11.3 Å². The third-order valence-corrected chi connectivity index (χ3v) is 8.20. The highest BCUT2D eigenvalue weighted by molar-refractivity contribution is 7.22. The largest absolute Gasteiger partial charge is 0.494 e. The van der Waals surface area contributed by atoms with Gasteiger partial charge < -0.3 is 9.64 Å². The number of ether oxygens (including phenoxy) is 1. The van der Waals surface area contributed by atoms with Crippen LogP contribution in [0.5, 0.6) is 5.75 Å². The highest BCUT2D eigenvalue weighted by Gasteiger charge is 2.25. The first kappa shape index (κ1) is 27.0. The number of anilines is 1. The summed E-state index contributed by atoms with van der Waals surface area (Å²) < 4.78 is 6.61. The molecule has 0 saturated carbocycles. The highest BCUT2D eigenvalue weighted by atomic mass is 35.5. The van der Waals surface area contributed by atoms with Crippen LogP contribution in [0.1, 0.15) is 22.3 Å². The molecule has 192 valence electrons. The molecular formula is C28H29ClN4O2S2. The van der Waals surface area contributed by atoms with Crippen LogP contribution in [0.3, 0.4) is 0 Å². The number of thiazole rings is 1. The summed E-state index contributed by atoms with van der Waals surface area (Å²) in [6.07, 6.45) is 0.825. The number of para-hydroxylation sites is 1. The van der Waals surface area contributed by atoms with Gasteiger partial charge in [0.25, 0.3) is 5.91 Å². The number of hydrogen-bond acceptors (Lipinski definition) is 7. The summed E-state index contributed by atoms with van der Waals surface area (Å²) in [6.45, 7) is 3.49. The summed E-state index contributed by atoms with van der Waals surface area (Å²) in [6, 6.07) is 17.8. The molecule has 37 heavy (non-hydrogen) atoms. The SMILES string of the molecule is COc1ccc(C)c2sc(N(CCCN(C)C)C(=O)c3cc(-c4cccs4)nc4ccccc34)nc12.Cl. The normalized spacial score (nSPS) is 11.2. The number of hydrogen-bond donors (Lipinski definition) is 0. The lowest BCUT2D eigenvalue weighted by Crippen LogP contribution is -2.33. The number of aryl methyl sites for hydroxylation is 1. The smallest absolute Gasteiger partial charge is 0.260 e. The maximum absolute atomic E-state index is 14.3. The molecule has 2 aromatic carbocycles. The second kappa shape index (κ2) is 11.6. The lowest BCUT2D eigenvalue weighted by Gasteiger charge is -2.22. The molecule has 9 heteroatoms. The van der Waals surface area contributed by atoms with Gasteiger partial charge in [-0.3, -0.25) is 9.69 Å². The second-order valence-corrected chi connectivity index (χ2v) is 10.8. The van der Waals surface area contributed by atoms with Crippen molar-refractivity contribution in [2.75, 3.05) is 39.2 Å². The van der Waals surface area contributed by atoms with Gasteiger partial charge in [-0.2, -0.15) is 0 Å². The minimum absolute atomic E-state index is 0. The number of pyridine rings is 1. The van der Waals surface area contributed by atoms with Gasteiger partial charge in [0.1, 0.15) is 11.3 Å². The number of rotatable bonds is 8. The molecule has 1 amide bonds. The third-order valence-electron chi connectivity index (χ3n) is 6.10. The van der Waals surface area contributed by atoms with E-state index >= 15 is 0 Å². The molecule has 6 nitrogen and oxygen atoms in total. The van der Waals surface area contributed by atoms with Crippen molar-refractivity contribution in [2.45, 2.75) is 13.3 Å². The number of benzene rings is 2. The zero-order valence-corrected chi connectivity index (χ0v) is 23.7. The number of carbonyl (C=O) groups is 1. The first-order valence-electron chi connectivity index (χ1n) is 11.8. The van der Waals surface area contributed by atoms with Crippen LogP contribution in [0.2, 0.25) is 0 Å². The molecule has 0 aliphatic heterocycles. The first-order valence-corrected chi connectivity index (χ1v) is 13.5. The molecule has 5 aromatic rings. The van der Waals surface area contributed by atoms with Crippen molar-refractivity contribution in [3.63, 3.8) is 0 Å². The van der Waals surface area contributed by atoms with Gasteiger partial charge in [0, 0.05) is 11.9 Å². The molecule has 5 rings (SSSR count). The van der Waals surface area contributed by atoms with Crippen molar-refractivity contribution in [1.82, 2.24) is 14.9 Å². The number of halogens is 1. The van der Waals surface area contributed by atoms with Crippen LogP contribution in [0, 0.1) is 6.92 Å². The average Bonchev–Trinajstić information content (AvgIpc) is 3.57. The minimum atomic E-state index is -0.0687. The maximum atomic E-state index is 14.3. The Hall–Kier alpha value is -3.04. The second-order valence-electron chi connectivity index (χ2n) is 8.92. The van der Waals surface area contributed by atoms with Crippen LogP contribution in [-0.2, 0) is 0 Å². The Kier molecular flexibility index (Phi) is 8.44. The fourth-order valence-corrected chi connectivity index (χ4v) is 6.02. The Balaban J connectivity index is 0.00000320. The predicted molar refractivity (Wildman–Crippen MR) is 158 cm³/mol. The molecule has 0 N–H and O–H groups in total. The van der Waals surface area contributed by atoms with E-state index in [-0.39, 0.29) is 18.3 Å². The van der Waals surface area contributed by atoms with Gasteiger partial charge in [-0.05, 0) is 69.2 Å². The van der Waals surface area contributed by atoms with Crippen LogP contribution in [0.15, 0.2) is 60.0 Å². The van der Waals surface area contributed by atoms with Crippen LogP contribution in [0.25, 0.3) is 31.7 Å². The fraction of sp³-hybridized carbons (Fsp3) is 0.250. The summed E-state index contributed by atoms with van der Waals surface area (Å²) in [7, 11) is 5.74. The van der Waals surface area contributed by atoms with Crippen molar-refractivity contribution in [1.29, 1.82) is 0 Å². The zero-order chi connectivity index (χ0) is 25.2. The van der Waals surface area contributed by atoms with Crippen molar-refractivity contribution in [2.24, 2.45) is 0 Å². The molecule has 3 aromatic heterocycles. The average molecular weight is 553 g/mol. The van der Waals surface area contributed by atoms with Gasteiger partial charge >= 0.3 is 0 Å². The van der Waals surface area contributed by atoms with Crippen LogP contribution in [-0.4, -0.2) is 55.1 Å². The molecule has 0 aliphatic carbocycles. The fourth-order valence-electron chi connectivity index (χ4n) is 4.26. The predicted octanol–water partition coefficient (Wildman–Crippen LogP) is 6.91. The Bertz CT molecular complexity index is 1530. The van der Waals surface area contributed by atoms with Crippen LogP contribution >= 0.6 is 35.1 Å². The van der Waals surface area contributed by atoms with E-state index in [0.29, 0.717) is 23.0 Å². The third kappa shape index (κ3) is 5.48. The van der Waals surface area contributed by atoms with Gasteiger partial charge in [0.05, 0.1) is 33.5 Å². The van der Waals surface area contributed by atoms with Gasteiger partial charge in [-0.1, -0.05) is 41.7 Å². The molecule has 0 fully saturated rings. The maximum Gasteiger partial charge on any atom is 0.260 e. The van der Waals surface area contributed by atoms with Crippen LogP contribution < -0.4 is 9.64 Å². The Morgan fingerprint density at radius 3 is 2.57 bits per heavy atom. The lowest BCUT2D eigenvalue weighted by molar-refractivity contribution is 0.0987. The molecule has 0 atom stereocenters. The summed E-state index contributed by atoms with van der Waals surface area (Å²) in [4.78, 5) is 29.1. The minimum Gasteiger partial charge on any atom is -0.494 e. The monoisotopic (exact) mass is 552 g/mol.